The number of halogens is 1. The van der Waals surface area contributed by atoms with Gasteiger partial charge in [-0.2, -0.15) is 0 Å². The van der Waals surface area contributed by atoms with Gasteiger partial charge in [0.05, 0.1) is 5.56 Å². The summed E-state index contributed by atoms with van der Waals surface area (Å²) in [4.78, 5) is 13.5. The van der Waals surface area contributed by atoms with Crippen molar-refractivity contribution in [2.75, 3.05) is 7.05 Å². The topological polar surface area (TPSA) is 40.5 Å². The molecular formula is C12H14FNO2. The molecule has 0 radical (unpaired) electrons. The zero-order chi connectivity index (χ0) is 11.7. The largest absolute Gasteiger partial charge is 0.508 e. The van der Waals surface area contributed by atoms with Gasteiger partial charge in [-0.3, -0.25) is 4.79 Å². The fourth-order valence-corrected chi connectivity index (χ4v) is 1.81. The molecule has 1 fully saturated rings. The predicted octanol–water partition coefficient (Wildman–Crippen LogP) is 2.16. The van der Waals surface area contributed by atoms with Crippen LogP contribution in [0, 0.1) is 5.82 Å². The van der Waals surface area contributed by atoms with Crippen molar-refractivity contribution in [3.8, 4) is 5.75 Å². The second-order valence-corrected chi connectivity index (χ2v) is 4.16. The van der Waals surface area contributed by atoms with E-state index in [-0.39, 0.29) is 23.3 Å². The zero-order valence-corrected chi connectivity index (χ0v) is 9.11. The van der Waals surface area contributed by atoms with Crippen LogP contribution in [0.15, 0.2) is 18.2 Å². The molecule has 0 saturated heterocycles. The Morgan fingerprint density at radius 2 is 2.19 bits per heavy atom. The van der Waals surface area contributed by atoms with Crippen LogP contribution in [0.2, 0.25) is 0 Å². The van der Waals surface area contributed by atoms with E-state index in [1.54, 1.807) is 11.9 Å². The van der Waals surface area contributed by atoms with E-state index in [4.69, 9.17) is 5.11 Å². The third-order valence-electron chi connectivity index (χ3n) is 3.13. The number of hydrogen-bond donors (Lipinski definition) is 1. The molecule has 3 nitrogen and oxygen atoms in total. The van der Waals surface area contributed by atoms with E-state index in [0.29, 0.717) is 0 Å². The first-order chi connectivity index (χ1) is 7.59. The van der Waals surface area contributed by atoms with Crippen LogP contribution in [0.4, 0.5) is 4.39 Å². The number of rotatable bonds is 2. The number of aromatic hydroxyl groups is 1. The summed E-state index contributed by atoms with van der Waals surface area (Å²) >= 11 is 0. The number of hydrogen-bond acceptors (Lipinski definition) is 2. The minimum Gasteiger partial charge on any atom is -0.508 e. The van der Waals surface area contributed by atoms with Crippen molar-refractivity contribution < 1.29 is 14.3 Å². The standard InChI is InChI=1S/C12H14FNO2/c1-14(8-3-2-4-8)12(16)10-6-5-9(15)7-11(10)13/h5-8,15H,2-4H2,1H3. The summed E-state index contributed by atoms with van der Waals surface area (Å²) in [7, 11) is 1.69. The van der Waals surface area contributed by atoms with Crippen LogP contribution >= 0.6 is 0 Å². The Hall–Kier alpha value is -1.58. The lowest BCUT2D eigenvalue weighted by Gasteiger charge is -2.34. The third kappa shape index (κ3) is 1.87. The van der Waals surface area contributed by atoms with Crippen molar-refractivity contribution in [3.05, 3.63) is 29.6 Å². The molecule has 1 N–H and O–H groups in total. The Labute approximate surface area is 93.5 Å². The molecule has 2 rings (SSSR count). The second kappa shape index (κ2) is 4.12. The summed E-state index contributed by atoms with van der Waals surface area (Å²) < 4.78 is 13.4. The van der Waals surface area contributed by atoms with Gasteiger partial charge in [-0.05, 0) is 31.4 Å². The first-order valence-electron chi connectivity index (χ1n) is 5.35. The first-order valence-corrected chi connectivity index (χ1v) is 5.35. The number of benzene rings is 1. The number of phenolic OH excluding ortho intramolecular Hbond substituents is 1. The number of phenols is 1. The lowest BCUT2D eigenvalue weighted by atomic mass is 9.91. The Morgan fingerprint density at radius 1 is 1.50 bits per heavy atom. The highest BCUT2D eigenvalue weighted by atomic mass is 19.1. The molecule has 1 amide bonds. The van der Waals surface area contributed by atoms with Crippen molar-refractivity contribution >= 4 is 5.91 Å². The van der Waals surface area contributed by atoms with Gasteiger partial charge >= 0.3 is 0 Å². The van der Waals surface area contributed by atoms with Crippen LogP contribution in [0.3, 0.4) is 0 Å². The van der Waals surface area contributed by atoms with E-state index >= 15 is 0 Å². The minimum atomic E-state index is -0.670. The average molecular weight is 223 g/mol. The lowest BCUT2D eigenvalue weighted by molar-refractivity contribution is 0.0647. The monoisotopic (exact) mass is 223 g/mol. The van der Waals surface area contributed by atoms with Crippen molar-refractivity contribution in [3.63, 3.8) is 0 Å². The van der Waals surface area contributed by atoms with Gasteiger partial charge in [-0.1, -0.05) is 0 Å². The lowest BCUT2D eigenvalue weighted by Crippen LogP contribution is -2.41. The second-order valence-electron chi connectivity index (χ2n) is 4.16. The van der Waals surface area contributed by atoms with E-state index in [1.165, 1.54) is 12.1 Å². The zero-order valence-electron chi connectivity index (χ0n) is 9.11. The Kier molecular flexibility index (Phi) is 2.81. The van der Waals surface area contributed by atoms with Gasteiger partial charge in [-0.25, -0.2) is 4.39 Å². The Balaban J connectivity index is 2.19. The summed E-state index contributed by atoms with van der Waals surface area (Å²) in [6.07, 6.45) is 3.10. The van der Waals surface area contributed by atoms with Crippen LogP contribution in [0.25, 0.3) is 0 Å². The maximum Gasteiger partial charge on any atom is 0.256 e. The number of carbonyl (C=O) groups excluding carboxylic acids is 1. The Bertz CT molecular complexity index is 415. The van der Waals surface area contributed by atoms with Crippen molar-refractivity contribution in [1.82, 2.24) is 4.90 Å². The maximum atomic E-state index is 13.4. The molecule has 0 unspecified atom stereocenters. The molecule has 0 bridgehead atoms. The fraction of sp³-hybridized carbons (Fsp3) is 0.417. The van der Waals surface area contributed by atoms with Crippen molar-refractivity contribution in [1.29, 1.82) is 0 Å². The van der Waals surface area contributed by atoms with Gasteiger partial charge in [0.1, 0.15) is 11.6 Å². The molecule has 1 aromatic carbocycles. The van der Waals surface area contributed by atoms with E-state index in [2.05, 4.69) is 0 Å². The van der Waals surface area contributed by atoms with E-state index < -0.39 is 5.82 Å². The molecule has 1 aliphatic carbocycles. The summed E-state index contributed by atoms with van der Waals surface area (Å²) in [6, 6.07) is 3.84. The van der Waals surface area contributed by atoms with E-state index in [0.717, 1.165) is 25.3 Å². The molecule has 1 aliphatic rings. The number of nitrogens with zero attached hydrogens (tertiary/aromatic N) is 1. The van der Waals surface area contributed by atoms with Gasteiger partial charge in [0.15, 0.2) is 0 Å². The number of carbonyl (C=O) groups is 1. The third-order valence-corrected chi connectivity index (χ3v) is 3.13. The van der Waals surface area contributed by atoms with Crippen LogP contribution in [-0.2, 0) is 0 Å². The fourth-order valence-electron chi connectivity index (χ4n) is 1.81. The normalized spacial score (nSPS) is 15.6. The van der Waals surface area contributed by atoms with Crippen LogP contribution in [0.1, 0.15) is 29.6 Å². The SMILES string of the molecule is CN(C(=O)c1ccc(O)cc1F)C1CCC1. The molecule has 0 aromatic heterocycles. The highest BCUT2D eigenvalue weighted by Gasteiger charge is 2.27. The molecule has 0 atom stereocenters. The van der Waals surface area contributed by atoms with Gasteiger partial charge in [0.2, 0.25) is 0 Å². The summed E-state index contributed by atoms with van der Waals surface area (Å²) in [5, 5.41) is 9.06. The highest BCUT2D eigenvalue weighted by molar-refractivity contribution is 5.94. The van der Waals surface area contributed by atoms with Crippen molar-refractivity contribution in [2.45, 2.75) is 25.3 Å². The molecule has 1 saturated carbocycles. The average Bonchev–Trinajstić information content (AvgIpc) is 2.14. The van der Waals surface area contributed by atoms with Gasteiger partial charge in [-0.15, -0.1) is 0 Å². The highest BCUT2D eigenvalue weighted by Crippen LogP contribution is 2.25. The van der Waals surface area contributed by atoms with Crippen LogP contribution < -0.4 is 0 Å². The molecule has 4 heteroatoms. The smallest absolute Gasteiger partial charge is 0.256 e. The minimum absolute atomic E-state index is 0.0206. The Morgan fingerprint density at radius 3 is 2.69 bits per heavy atom. The molecule has 0 heterocycles. The summed E-state index contributed by atoms with van der Waals surface area (Å²) in [5.74, 6) is -1.15. The first kappa shape index (κ1) is 10.9. The quantitative estimate of drug-likeness (QED) is 0.834. The molecular weight excluding hydrogens is 209 g/mol. The molecule has 16 heavy (non-hydrogen) atoms. The van der Waals surface area contributed by atoms with Crippen molar-refractivity contribution in [2.24, 2.45) is 0 Å². The van der Waals surface area contributed by atoms with Crippen LogP contribution in [-0.4, -0.2) is 29.0 Å². The molecule has 86 valence electrons. The summed E-state index contributed by atoms with van der Waals surface area (Å²) in [6.45, 7) is 0. The van der Waals surface area contributed by atoms with E-state index in [9.17, 15) is 9.18 Å². The molecule has 0 aliphatic heterocycles. The summed E-state index contributed by atoms with van der Waals surface area (Å²) in [5.41, 5.74) is 0.0206. The maximum absolute atomic E-state index is 13.4. The van der Waals surface area contributed by atoms with Gasteiger partial charge < -0.3 is 10.0 Å². The predicted molar refractivity (Wildman–Crippen MR) is 57.8 cm³/mol. The van der Waals surface area contributed by atoms with Crippen LogP contribution in [0.5, 0.6) is 5.75 Å². The van der Waals surface area contributed by atoms with Gasteiger partial charge in [0.25, 0.3) is 5.91 Å². The van der Waals surface area contributed by atoms with Gasteiger partial charge in [0, 0.05) is 19.2 Å². The molecule has 1 aromatic rings. The molecule has 0 spiro atoms. The number of amides is 1. The van der Waals surface area contributed by atoms with E-state index in [1.807, 2.05) is 0 Å².